The number of nitrogens with two attached hydrogens (primary N) is 1. The summed E-state index contributed by atoms with van der Waals surface area (Å²) in [5.74, 6) is -0.129. The number of aromatic nitrogens is 1. The van der Waals surface area contributed by atoms with Crippen molar-refractivity contribution in [1.82, 2.24) is 4.98 Å². The molecule has 0 saturated heterocycles. The van der Waals surface area contributed by atoms with Gasteiger partial charge in [0.2, 0.25) is 0 Å². The van der Waals surface area contributed by atoms with Crippen LogP contribution in [0.1, 0.15) is 27.2 Å². The molecule has 112 valence electrons. The molecule has 2 aromatic rings. The number of benzene rings is 1. The summed E-state index contributed by atoms with van der Waals surface area (Å²) in [5, 5.41) is 6.73. The summed E-state index contributed by atoms with van der Waals surface area (Å²) >= 11 is 1.47. The minimum absolute atomic E-state index is 0.129. The molecule has 4 N–H and O–H groups in total. The number of carbonyl (C=O) groups excluding carboxylic acids is 1. The molecule has 0 aliphatic rings. The Bertz CT molecular complexity index is 624. The molecule has 0 saturated carbocycles. The smallest absolute Gasteiger partial charge is 0.257 e. The van der Waals surface area contributed by atoms with E-state index in [2.05, 4.69) is 15.6 Å². The third-order valence-electron chi connectivity index (χ3n) is 3.02. The number of anilines is 2. The second-order valence-corrected chi connectivity index (χ2v) is 6.06. The molecule has 0 fully saturated rings. The molecular weight excluding hydrogens is 284 g/mol. The van der Waals surface area contributed by atoms with E-state index in [0.717, 1.165) is 29.1 Å². The molecule has 0 atom stereocenters. The summed E-state index contributed by atoms with van der Waals surface area (Å²) in [5.41, 5.74) is 8.05. The summed E-state index contributed by atoms with van der Waals surface area (Å²) in [6, 6.07) is 5.71. The fourth-order valence-electron chi connectivity index (χ4n) is 1.94. The Morgan fingerprint density at radius 1 is 1.38 bits per heavy atom. The molecule has 1 aromatic heterocycles. The van der Waals surface area contributed by atoms with Gasteiger partial charge in [-0.05, 0) is 50.6 Å². The van der Waals surface area contributed by atoms with Gasteiger partial charge in [-0.3, -0.25) is 10.1 Å². The Balaban J connectivity index is 2.04. The summed E-state index contributed by atoms with van der Waals surface area (Å²) < 4.78 is 0. The fraction of sp³-hybridized carbons (Fsp3) is 0.333. The standard InChI is InChI=1S/C15H20N4OS/c1-10-8-12(17-7-3-6-16)4-5-13(10)14(20)19-15-18-9-11(2)21-15/h4-5,8-9,17H,3,6-7,16H2,1-2H3,(H,18,19,20). The van der Waals surface area contributed by atoms with Gasteiger partial charge in [-0.25, -0.2) is 4.98 Å². The van der Waals surface area contributed by atoms with Gasteiger partial charge in [0.05, 0.1) is 0 Å². The quantitative estimate of drug-likeness (QED) is 0.717. The van der Waals surface area contributed by atoms with Crippen LogP contribution in [0.15, 0.2) is 24.4 Å². The van der Waals surface area contributed by atoms with Gasteiger partial charge in [-0.15, -0.1) is 11.3 Å². The van der Waals surface area contributed by atoms with Crippen LogP contribution >= 0.6 is 11.3 Å². The normalized spacial score (nSPS) is 10.4. The Morgan fingerprint density at radius 2 is 2.19 bits per heavy atom. The predicted octanol–water partition coefficient (Wildman–Crippen LogP) is 2.77. The molecule has 1 amide bonds. The van der Waals surface area contributed by atoms with Crippen molar-refractivity contribution in [2.45, 2.75) is 20.3 Å². The summed E-state index contributed by atoms with van der Waals surface area (Å²) in [4.78, 5) is 17.4. The first kappa shape index (κ1) is 15.5. The summed E-state index contributed by atoms with van der Waals surface area (Å²) in [6.07, 6.45) is 2.67. The van der Waals surface area contributed by atoms with E-state index < -0.39 is 0 Å². The van der Waals surface area contributed by atoms with Crippen molar-refractivity contribution in [1.29, 1.82) is 0 Å². The number of carbonyl (C=O) groups is 1. The average Bonchev–Trinajstić information content (AvgIpc) is 2.84. The van der Waals surface area contributed by atoms with E-state index in [1.54, 1.807) is 6.20 Å². The van der Waals surface area contributed by atoms with Crippen LogP contribution in [-0.4, -0.2) is 24.0 Å². The van der Waals surface area contributed by atoms with Crippen molar-refractivity contribution in [2.24, 2.45) is 5.73 Å². The Hall–Kier alpha value is -1.92. The van der Waals surface area contributed by atoms with Gasteiger partial charge in [-0.1, -0.05) is 0 Å². The largest absolute Gasteiger partial charge is 0.385 e. The molecular formula is C15H20N4OS. The van der Waals surface area contributed by atoms with Crippen LogP contribution < -0.4 is 16.4 Å². The highest BCUT2D eigenvalue weighted by atomic mass is 32.1. The molecule has 2 rings (SSSR count). The maximum Gasteiger partial charge on any atom is 0.257 e. The van der Waals surface area contributed by atoms with Crippen molar-refractivity contribution in [3.63, 3.8) is 0 Å². The van der Waals surface area contributed by atoms with Gasteiger partial charge in [0.1, 0.15) is 0 Å². The van der Waals surface area contributed by atoms with Gasteiger partial charge in [0.25, 0.3) is 5.91 Å². The number of hydrogen-bond donors (Lipinski definition) is 3. The van der Waals surface area contributed by atoms with E-state index in [9.17, 15) is 4.79 Å². The monoisotopic (exact) mass is 304 g/mol. The van der Waals surface area contributed by atoms with Crippen molar-refractivity contribution in [3.05, 3.63) is 40.4 Å². The molecule has 0 radical (unpaired) electrons. The number of hydrogen-bond acceptors (Lipinski definition) is 5. The first-order valence-electron chi connectivity index (χ1n) is 6.88. The number of nitrogens with one attached hydrogen (secondary N) is 2. The van der Waals surface area contributed by atoms with E-state index in [0.29, 0.717) is 17.2 Å². The number of nitrogens with zero attached hydrogens (tertiary/aromatic N) is 1. The second kappa shape index (κ2) is 7.19. The SMILES string of the molecule is Cc1cnc(NC(=O)c2ccc(NCCCN)cc2C)s1. The molecule has 0 spiro atoms. The van der Waals surface area contributed by atoms with E-state index in [-0.39, 0.29) is 5.91 Å². The van der Waals surface area contributed by atoms with Gasteiger partial charge in [0, 0.05) is 28.9 Å². The summed E-state index contributed by atoms with van der Waals surface area (Å²) in [6.45, 7) is 5.39. The van der Waals surface area contributed by atoms with Crippen LogP contribution in [0.5, 0.6) is 0 Å². The maximum atomic E-state index is 12.2. The van der Waals surface area contributed by atoms with Crippen LogP contribution in [0.2, 0.25) is 0 Å². The molecule has 0 bridgehead atoms. The van der Waals surface area contributed by atoms with Crippen LogP contribution in [0.25, 0.3) is 0 Å². The van der Waals surface area contributed by atoms with Gasteiger partial charge in [0.15, 0.2) is 5.13 Å². The van der Waals surface area contributed by atoms with Crippen molar-refractivity contribution in [2.75, 3.05) is 23.7 Å². The first-order chi connectivity index (χ1) is 10.1. The third kappa shape index (κ3) is 4.27. The first-order valence-corrected chi connectivity index (χ1v) is 7.70. The number of aryl methyl sites for hydroxylation is 2. The lowest BCUT2D eigenvalue weighted by molar-refractivity contribution is 0.102. The zero-order valence-corrected chi connectivity index (χ0v) is 13.1. The Kier molecular flexibility index (Phi) is 5.30. The molecule has 6 heteroatoms. The lowest BCUT2D eigenvalue weighted by Crippen LogP contribution is -2.14. The van der Waals surface area contributed by atoms with Gasteiger partial charge >= 0.3 is 0 Å². The van der Waals surface area contributed by atoms with E-state index in [4.69, 9.17) is 5.73 Å². The third-order valence-corrected chi connectivity index (χ3v) is 3.85. The highest BCUT2D eigenvalue weighted by molar-refractivity contribution is 7.15. The zero-order chi connectivity index (χ0) is 15.2. The van der Waals surface area contributed by atoms with Crippen molar-refractivity contribution < 1.29 is 4.79 Å². The Morgan fingerprint density at radius 3 is 2.81 bits per heavy atom. The maximum absolute atomic E-state index is 12.2. The molecule has 1 heterocycles. The molecule has 1 aromatic carbocycles. The molecule has 21 heavy (non-hydrogen) atoms. The zero-order valence-electron chi connectivity index (χ0n) is 12.3. The van der Waals surface area contributed by atoms with Crippen LogP contribution in [0.3, 0.4) is 0 Å². The van der Waals surface area contributed by atoms with Crippen LogP contribution in [0.4, 0.5) is 10.8 Å². The van der Waals surface area contributed by atoms with Crippen molar-refractivity contribution >= 4 is 28.1 Å². The van der Waals surface area contributed by atoms with Gasteiger partial charge < -0.3 is 11.1 Å². The number of amides is 1. The highest BCUT2D eigenvalue weighted by Crippen LogP contribution is 2.20. The van der Waals surface area contributed by atoms with E-state index in [1.807, 2.05) is 32.0 Å². The topological polar surface area (TPSA) is 80.0 Å². The van der Waals surface area contributed by atoms with E-state index in [1.165, 1.54) is 11.3 Å². The van der Waals surface area contributed by atoms with E-state index >= 15 is 0 Å². The second-order valence-electron chi connectivity index (χ2n) is 4.83. The minimum atomic E-state index is -0.129. The van der Waals surface area contributed by atoms with Gasteiger partial charge in [-0.2, -0.15) is 0 Å². The number of rotatable bonds is 6. The molecule has 5 nitrogen and oxygen atoms in total. The average molecular weight is 304 g/mol. The molecule has 0 unspecified atom stereocenters. The van der Waals surface area contributed by atoms with Crippen molar-refractivity contribution in [3.8, 4) is 0 Å². The molecule has 0 aliphatic heterocycles. The highest BCUT2D eigenvalue weighted by Gasteiger charge is 2.11. The lowest BCUT2D eigenvalue weighted by Gasteiger charge is -2.10. The van der Waals surface area contributed by atoms with Crippen LogP contribution in [-0.2, 0) is 0 Å². The fourth-order valence-corrected chi connectivity index (χ4v) is 2.60. The minimum Gasteiger partial charge on any atom is -0.385 e. The lowest BCUT2D eigenvalue weighted by atomic mass is 10.1. The number of thiazole rings is 1. The predicted molar refractivity (Wildman–Crippen MR) is 88.1 cm³/mol. The van der Waals surface area contributed by atoms with Crippen LogP contribution in [0, 0.1) is 13.8 Å². The Labute approximate surface area is 128 Å². The molecule has 0 aliphatic carbocycles. The summed E-state index contributed by atoms with van der Waals surface area (Å²) in [7, 11) is 0.